The highest BCUT2D eigenvalue weighted by atomic mass is 16.3. The van der Waals surface area contributed by atoms with E-state index in [4.69, 9.17) is 11.5 Å². The summed E-state index contributed by atoms with van der Waals surface area (Å²) in [5.41, 5.74) is 12.6. The Morgan fingerprint density at radius 2 is 1.93 bits per heavy atom. The van der Waals surface area contributed by atoms with Crippen molar-refractivity contribution in [2.75, 3.05) is 13.1 Å². The summed E-state index contributed by atoms with van der Waals surface area (Å²) in [5.74, 6) is -0.303. The Labute approximate surface area is 155 Å². The molecule has 0 saturated carbocycles. The number of hydrogen-bond acceptors (Lipinski definition) is 5. The number of fused-ring (bicyclic) bond motifs is 1. The van der Waals surface area contributed by atoms with Crippen molar-refractivity contribution >= 4 is 22.9 Å². The first-order valence-electron chi connectivity index (χ1n) is 8.41. The fourth-order valence-electron chi connectivity index (χ4n) is 2.63. The molecule has 0 amide bonds. The van der Waals surface area contributed by atoms with Crippen molar-refractivity contribution < 1.29 is 5.11 Å². The van der Waals surface area contributed by atoms with Crippen LogP contribution in [0.3, 0.4) is 0 Å². The van der Waals surface area contributed by atoms with Crippen molar-refractivity contribution in [3.05, 3.63) is 58.3 Å². The number of nitrogens with zero attached hydrogens (tertiary/aromatic N) is 4. The first kappa shape index (κ1) is 18.2. The fraction of sp³-hybridized carbons (Fsp3) is 0.222. The van der Waals surface area contributed by atoms with Crippen LogP contribution in [0.4, 0.5) is 0 Å². The highest BCUT2D eigenvalue weighted by Crippen LogP contribution is 2.13. The first-order valence-corrected chi connectivity index (χ1v) is 8.41. The Kier molecular flexibility index (Phi) is 5.20. The molecule has 3 aromatic rings. The predicted octanol–water partition coefficient (Wildman–Crippen LogP) is -0.207. The van der Waals surface area contributed by atoms with Gasteiger partial charge in [0.1, 0.15) is 5.65 Å². The predicted molar refractivity (Wildman–Crippen MR) is 103 cm³/mol. The second kappa shape index (κ2) is 7.73. The van der Waals surface area contributed by atoms with Crippen LogP contribution in [0.25, 0.3) is 16.7 Å². The molecule has 0 spiro atoms. The van der Waals surface area contributed by atoms with E-state index < -0.39 is 5.69 Å². The molecule has 0 atom stereocenters. The second-order valence-electron chi connectivity index (χ2n) is 6.04. The molecule has 0 radical (unpaired) electrons. The SMILES string of the molecule is Cc1cc2cn(-c3ccc(C([O-])=NCCCN=C(N)N)cc3)c(=O)nc2[nH]1. The molecule has 2 aromatic heterocycles. The van der Waals surface area contributed by atoms with E-state index >= 15 is 0 Å². The van der Waals surface area contributed by atoms with Gasteiger partial charge in [0.15, 0.2) is 5.96 Å². The molecular formula is C18H20N7O2-. The third-order valence-corrected chi connectivity index (χ3v) is 3.90. The van der Waals surface area contributed by atoms with Gasteiger partial charge in [-0.1, -0.05) is 12.1 Å². The molecule has 5 N–H and O–H groups in total. The van der Waals surface area contributed by atoms with E-state index in [2.05, 4.69) is 20.0 Å². The Morgan fingerprint density at radius 3 is 2.63 bits per heavy atom. The van der Waals surface area contributed by atoms with Crippen LogP contribution in [0.2, 0.25) is 0 Å². The van der Waals surface area contributed by atoms with Crippen LogP contribution in [0.15, 0.2) is 51.3 Å². The van der Waals surface area contributed by atoms with Gasteiger partial charge in [-0.3, -0.25) is 9.56 Å². The monoisotopic (exact) mass is 366 g/mol. The van der Waals surface area contributed by atoms with Gasteiger partial charge >= 0.3 is 5.69 Å². The lowest BCUT2D eigenvalue weighted by Crippen LogP contribution is -2.23. The summed E-state index contributed by atoms with van der Waals surface area (Å²) in [6, 6.07) is 8.57. The topological polar surface area (TPSA) is 150 Å². The highest BCUT2D eigenvalue weighted by molar-refractivity contribution is 5.90. The molecular weight excluding hydrogens is 346 g/mol. The normalized spacial score (nSPS) is 11.7. The van der Waals surface area contributed by atoms with Gasteiger partial charge in [0.2, 0.25) is 0 Å². The van der Waals surface area contributed by atoms with Gasteiger partial charge in [-0.05, 0) is 43.0 Å². The second-order valence-corrected chi connectivity index (χ2v) is 6.04. The number of rotatable bonds is 6. The molecule has 0 aliphatic rings. The van der Waals surface area contributed by atoms with E-state index in [9.17, 15) is 9.90 Å². The Morgan fingerprint density at radius 1 is 1.22 bits per heavy atom. The molecule has 9 nitrogen and oxygen atoms in total. The number of benzene rings is 1. The maximum Gasteiger partial charge on any atom is 0.354 e. The molecule has 0 saturated heterocycles. The molecule has 9 heteroatoms. The summed E-state index contributed by atoms with van der Waals surface area (Å²) in [4.78, 5) is 27.1. The zero-order valence-electron chi connectivity index (χ0n) is 14.8. The number of aromatic amines is 1. The molecule has 0 unspecified atom stereocenters. The summed E-state index contributed by atoms with van der Waals surface area (Å²) in [7, 11) is 0. The molecule has 140 valence electrons. The van der Waals surface area contributed by atoms with Crippen molar-refractivity contribution in [3.8, 4) is 5.69 Å². The average molecular weight is 366 g/mol. The quantitative estimate of drug-likeness (QED) is 0.313. The van der Waals surface area contributed by atoms with E-state index in [1.807, 2.05) is 13.0 Å². The van der Waals surface area contributed by atoms with Crippen molar-refractivity contribution in [1.29, 1.82) is 0 Å². The minimum absolute atomic E-state index is 0.0228. The molecule has 27 heavy (non-hydrogen) atoms. The summed E-state index contributed by atoms with van der Waals surface area (Å²) >= 11 is 0. The van der Waals surface area contributed by atoms with E-state index in [1.54, 1.807) is 30.5 Å². The lowest BCUT2D eigenvalue weighted by Gasteiger charge is -2.12. The number of H-pyrrole nitrogens is 1. The van der Waals surface area contributed by atoms with Gasteiger partial charge in [0.05, 0.1) is 5.69 Å². The Bertz CT molecular complexity index is 1060. The molecule has 0 fully saturated rings. The van der Waals surface area contributed by atoms with E-state index in [1.165, 1.54) is 4.57 Å². The first-order chi connectivity index (χ1) is 12.9. The van der Waals surface area contributed by atoms with Gasteiger partial charge in [0, 0.05) is 30.4 Å². The van der Waals surface area contributed by atoms with Crippen molar-refractivity contribution in [3.63, 3.8) is 0 Å². The summed E-state index contributed by atoms with van der Waals surface area (Å²) in [5, 5.41) is 12.9. The average Bonchev–Trinajstić information content (AvgIpc) is 2.99. The molecule has 0 aliphatic heterocycles. The van der Waals surface area contributed by atoms with Crippen molar-refractivity contribution in [2.45, 2.75) is 13.3 Å². The van der Waals surface area contributed by atoms with Crippen molar-refractivity contribution in [1.82, 2.24) is 14.5 Å². The number of nitrogens with two attached hydrogens (primary N) is 2. The van der Waals surface area contributed by atoms with Crippen LogP contribution in [-0.2, 0) is 0 Å². The standard InChI is InChI=1S/C18H21N7O2/c1-11-9-13-10-25(18(27)24-15(13)23-11)14-5-3-12(4-6-14)16(26)21-7-2-8-22-17(19)20/h3-6,9-10H,2,7-8H2,1H3,(H,21,26)(H4,19,20,22)(H,23,24,27)/p-1. The van der Waals surface area contributed by atoms with E-state index in [0.29, 0.717) is 36.4 Å². The third-order valence-electron chi connectivity index (χ3n) is 3.90. The minimum Gasteiger partial charge on any atom is -0.858 e. The van der Waals surface area contributed by atoms with E-state index in [-0.39, 0.29) is 11.9 Å². The summed E-state index contributed by atoms with van der Waals surface area (Å²) in [6.45, 7) is 2.66. The van der Waals surface area contributed by atoms with Crippen LogP contribution < -0.4 is 22.3 Å². The zero-order chi connectivity index (χ0) is 19.4. The largest absolute Gasteiger partial charge is 0.858 e. The van der Waals surface area contributed by atoms with Crippen LogP contribution >= 0.6 is 0 Å². The van der Waals surface area contributed by atoms with Crippen LogP contribution in [0, 0.1) is 6.92 Å². The molecule has 1 aromatic carbocycles. The number of aryl methyl sites for hydroxylation is 1. The fourth-order valence-corrected chi connectivity index (χ4v) is 2.63. The number of aliphatic imine (C=N–C) groups is 2. The third kappa shape index (κ3) is 4.32. The van der Waals surface area contributed by atoms with Gasteiger partial charge < -0.3 is 26.6 Å². The molecule has 0 aliphatic carbocycles. The van der Waals surface area contributed by atoms with Crippen LogP contribution in [-0.4, -0.2) is 39.5 Å². The molecule has 0 bridgehead atoms. The molecule has 2 heterocycles. The maximum absolute atomic E-state index is 12.2. The van der Waals surface area contributed by atoms with E-state index in [0.717, 1.165) is 11.1 Å². The molecule has 3 rings (SSSR count). The Balaban J connectivity index is 1.76. The highest BCUT2D eigenvalue weighted by Gasteiger charge is 2.06. The minimum atomic E-state index is -0.396. The number of nitrogens with one attached hydrogen (secondary N) is 1. The summed E-state index contributed by atoms with van der Waals surface area (Å²) < 4.78 is 1.44. The van der Waals surface area contributed by atoms with Gasteiger partial charge in [-0.25, -0.2) is 4.79 Å². The number of guanidine groups is 1. The maximum atomic E-state index is 12.2. The smallest absolute Gasteiger partial charge is 0.354 e. The zero-order valence-corrected chi connectivity index (χ0v) is 14.8. The number of hydrogen-bond donors (Lipinski definition) is 3. The Hall–Kier alpha value is -3.62. The van der Waals surface area contributed by atoms with Gasteiger partial charge in [0.25, 0.3) is 0 Å². The van der Waals surface area contributed by atoms with Crippen LogP contribution in [0.5, 0.6) is 0 Å². The van der Waals surface area contributed by atoms with Gasteiger partial charge in [-0.2, -0.15) is 4.98 Å². The van der Waals surface area contributed by atoms with Gasteiger partial charge in [-0.15, -0.1) is 0 Å². The van der Waals surface area contributed by atoms with Crippen molar-refractivity contribution in [2.24, 2.45) is 21.5 Å². The number of aromatic nitrogens is 3. The van der Waals surface area contributed by atoms with Crippen LogP contribution in [0.1, 0.15) is 17.7 Å². The summed E-state index contributed by atoms with van der Waals surface area (Å²) in [6.07, 6.45) is 2.30. The lowest BCUT2D eigenvalue weighted by molar-refractivity contribution is -0.213. The lowest BCUT2D eigenvalue weighted by atomic mass is 10.2.